The molecule has 3 heteroatoms. The Balaban J connectivity index is 2.20. The third kappa shape index (κ3) is 2.34. The summed E-state index contributed by atoms with van der Waals surface area (Å²) >= 11 is 4.39. The Morgan fingerprint density at radius 1 is 1.33 bits per heavy atom. The van der Waals surface area contributed by atoms with Gasteiger partial charge < -0.3 is 4.98 Å². The van der Waals surface area contributed by atoms with E-state index in [2.05, 4.69) is 29.5 Å². The second-order valence-corrected chi connectivity index (χ2v) is 4.30. The molecule has 0 atom stereocenters. The number of rotatable bonds is 4. The lowest BCUT2D eigenvalue weighted by Crippen LogP contribution is -1.87. The number of benzene rings is 1. The molecule has 0 saturated heterocycles. The highest BCUT2D eigenvalue weighted by atomic mass is 32.1. The molecule has 0 unspecified atom stereocenters. The van der Waals surface area contributed by atoms with Crippen molar-refractivity contribution in [1.82, 2.24) is 9.97 Å². The quantitative estimate of drug-likeness (QED) is 0.598. The average molecular weight is 220 g/mol. The van der Waals surface area contributed by atoms with E-state index in [-0.39, 0.29) is 0 Å². The minimum atomic E-state index is 0.950. The van der Waals surface area contributed by atoms with Crippen molar-refractivity contribution in [3.8, 4) is 0 Å². The molecular formula is C12H16N2S. The Bertz CT molecular complexity index is 448. The fourth-order valence-corrected chi connectivity index (χ4v) is 1.99. The fourth-order valence-electron chi connectivity index (χ4n) is 1.73. The lowest BCUT2D eigenvalue weighted by Gasteiger charge is -1.93. The van der Waals surface area contributed by atoms with E-state index >= 15 is 0 Å². The Morgan fingerprint density at radius 2 is 2.20 bits per heavy atom. The van der Waals surface area contributed by atoms with Crippen molar-refractivity contribution < 1.29 is 0 Å². The Labute approximate surface area is 95.5 Å². The summed E-state index contributed by atoms with van der Waals surface area (Å²) in [4.78, 5) is 8.84. The summed E-state index contributed by atoms with van der Waals surface area (Å²) in [6.45, 7) is 2.21. The van der Waals surface area contributed by atoms with Gasteiger partial charge in [-0.2, -0.15) is 0 Å². The maximum atomic E-state index is 4.55. The van der Waals surface area contributed by atoms with Crippen molar-refractivity contribution in [2.24, 2.45) is 0 Å². The zero-order valence-electron chi connectivity index (χ0n) is 8.95. The number of aromatic nitrogens is 2. The van der Waals surface area contributed by atoms with Gasteiger partial charge in [-0.25, -0.2) is 4.98 Å². The smallest absolute Gasteiger partial charge is 0.107 e. The van der Waals surface area contributed by atoms with Crippen LogP contribution in [0, 0.1) is 0 Å². The second kappa shape index (κ2) is 4.71. The van der Waals surface area contributed by atoms with Crippen molar-refractivity contribution in [2.75, 3.05) is 0 Å². The van der Waals surface area contributed by atoms with Gasteiger partial charge in [0.2, 0.25) is 0 Å². The van der Waals surface area contributed by atoms with Gasteiger partial charge in [0, 0.05) is 11.3 Å². The Morgan fingerprint density at radius 3 is 2.93 bits per heavy atom. The molecule has 80 valence electrons. The highest BCUT2D eigenvalue weighted by Gasteiger charge is 2.04. The summed E-state index contributed by atoms with van der Waals surface area (Å²) in [7, 11) is 0. The van der Waals surface area contributed by atoms with Crippen LogP contribution >= 0.6 is 12.6 Å². The van der Waals surface area contributed by atoms with E-state index in [1.165, 1.54) is 19.3 Å². The summed E-state index contributed by atoms with van der Waals surface area (Å²) in [6, 6.07) is 6.02. The van der Waals surface area contributed by atoms with Crippen LogP contribution in [0.4, 0.5) is 0 Å². The van der Waals surface area contributed by atoms with Crippen LogP contribution in [0.3, 0.4) is 0 Å². The van der Waals surface area contributed by atoms with Crippen LogP contribution in [0.2, 0.25) is 0 Å². The van der Waals surface area contributed by atoms with Crippen LogP contribution in [-0.4, -0.2) is 9.97 Å². The van der Waals surface area contributed by atoms with Crippen LogP contribution < -0.4 is 0 Å². The van der Waals surface area contributed by atoms with Crippen molar-refractivity contribution in [3.05, 3.63) is 24.0 Å². The van der Waals surface area contributed by atoms with Crippen LogP contribution in [0.1, 0.15) is 32.0 Å². The zero-order valence-corrected chi connectivity index (χ0v) is 9.85. The van der Waals surface area contributed by atoms with Crippen molar-refractivity contribution in [3.63, 3.8) is 0 Å². The number of hydrogen-bond acceptors (Lipinski definition) is 2. The summed E-state index contributed by atoms with van der Waals surface area (Å²) in [5.74, 6) is 1.08. The standard InChI is InChI=1S/C12H16N2S/c1-2-3-4-8-11-13-9-6-5-7-10(15)12(9)14-11/h5-7,15H,2-4,8H2,1H3,(H,13,14). The molecule has 1 heterocycles. The minimum Gasteiger partial charge on any atom is -0.342 e. The van der Waals surface area contributed by atoms with Gasteiger partial charge in [-0.15, -0.1) is 12.6 Å². The second-order valence-electron chi connectivity index (χ2n) is 3.81. The number of imidazole rings is 1. The monoisotopic (exact) mass is 220 g/mol. The molecule has 0 aliphatic heterocycles. The maximum Gasteiger partial charge on any atom is 0.107 e. The highest BCUT2D eigenvalue weighted by molar-refractivity contribution is 7.80. The predicted molar refractivity (Wildman–Crippen MR) is 66.6 cm³/mol. The number of nitrogens with one attached hydrogen (secondary N) is 1. The molecule has 1 N–H and O–H groups in total. The molecule has 1 aromatic carbocycles. The van der Waals surface area contributed by atoms with Crippen molar-refractivity contribution in [2.45, 2.75) is 37.5 Å². The number of aryl methyl sites for hydroxylation is 1. The van der Waals surface area contributed by atoms with Gasteiger partial charge in [0.1, 0.15) is 11.3 Å². The normalized spacial score (nSPS) is 11.1. The van der Waals surface area contributed by atoms with Gasteiger partial charge in [-0.05, 0) is 18.6 Å². The number of hydrogen-bond donors (Lipinski definition) is 2. The van der Waals surface area contributed by atoms with Crippen molar-refractivity contribution >= 4 is 23.7 Å². The first-order valence-corrected chi connectivity index (χ1v) is 5.92. The molecular weight excluding hydrogens is 204 g/mol. The van der Waals surface area contributed by atoms with Crippen LogP contribution in [-0.2, 0) is 6.42 Å². The molecule has 0 saturated carbocycles. The number of unbranched alkanes of at least 4 members (excludes halogenated alkanes) is 2. The van der Waals surface area contributed by atoms with Crippen LogP contribution in [0.15, 0.2) is 23.1 Å². The van der Waals surface area contributed by atoms with Crippen LogP contribution in [0.25, 0.3) is 11.0 Å². The third-order valence-corrected chi connectivity index (χ3v) is 2.92. The number of aromatic amines is 1. The molecule has 2 rings (SSSR count). The topological polar surface area (TPSA) is 28.7 Å². The molecule has 2 nitrogen and oxygen atoms in total. The molecule has 0 radical (unpaired) electrons. The molecule has 15 heavy (non-hydrogen) atoms. The summed E-state index contributed by atoms with van der Waals surface area (Å²) in [6.07, 6.45) is 4.76. The van der Waals surface area contributed by atoms with Crippen LogP contribution in [0.5, 0.6) is 0 Å². The number of para-hydroxylation sites is 1. The Hall–Kier alpha value is -0.960. The van der Waals surface area contributed by atoms with E-state index in [0.717, 1.165) is 28.2 Å². The maximum absolute atomic E-state index is 4.55. The fraction of sp³-hybridized carbons (Fsp3) is 0.417. The van der Waals surface area contributed by atoms with Gasteiger partial charge in [-0.3, -0.25) is 0 Å². The zero-order chi connectivity index (χ0) is 10.7. The van der Waals surface area contributed by atoms with E-state index in [4.69, 9.17) is 0 Å². The Kier molecular flexibility index (Phi) is 3.31. The van der Waals surface area contributed by atoms with E-state index < -0.39 is 0 Å². The highest BCUT2D eigenvalue weighted by Crippen LogP contribution is 2.19. The lowest BCUT2D eigenvalue weighted by molar-refractivity contribution is 0.700. The first kappa shape index (κ1) is 10.6. The molecule has 0 aliphatic carbocycles. The molecule has 1 aromatic heterocycles. The molecule has 0 fully saturated rings. The number of fused-ring (bicyclic) bond motifs is 1. The van der Waals surface area contributed by atoms with E-state index in [9.17, 15) is 0 Å². The summed E-state index contributed by atoms with van der Waals surface area (Å²) in [5.41, 5.74) is 2.08. The average Bonchev–Trinajstić information content (AvgIpc) is 2.63. The van der Waals surface area contributed by atoms with Crippen molar-refractivity contribution in [1.29, 1.82) is 0 Å². The molecule has 0 aliphatic rings. The van der Waals surface area contributed by atoms with Gasteiger partial charge >= 0.3 is 0 Å². The van der Waals surface area contributed by atoms with Gasteiger partial charge in [0.15, 0.2) is 0 Å². The van der Waals surface area contributed by atoms with E-state index in [0.29, 0.717) is 0 Å². The largest absolute Gasteiger partial charge is 0.342 e. The van der Waals surface area contributed by atoms with Gasteiger partial charge in [-0.1, -0.05) is 25.8 Å². The minimum absolute atomic E-state index is 0.950. The molecule has 2 aromatic rings. The first-order valence-electron chi connectivity index (χ1n) is 5.48. The SMILES string of the molecule is CCCCCc1nc2c(S)cccc2[nH]1. The van der Waals surface area contributed by atoms with Gasteiger partial charge in [0.05, 0.1) is 5.52 Å². The molecule has 0 bridgehead atoms. The number of thiol groups is 1. The number of H-pyrrole nitrogens is 1. The third-order valence-electron chi connectivity index (χ3n) is 2.56. The first-order chi connectivity index (χ1) is 7.31. The molecule has 0 spiro atoms. The van der Waals surface area contributed by atoms with E-state index in [1.807, 2.05) is 18.2 Å². The summed E-state index contributed by atoms with van der Waals surface area (Å²) < 4.78 is 0. The van der Waals surface area contributed by atoms with Gasteiger partial charge in [0.25, 0.3) is 0 Å². The predicted octanol–water partition coefficient (Wildman–Crippen LogP) is 3.58. The number of nitrogens with zero attached hydrogens (tertiary/aromatic N) is 1. The summed E-state index contributed by atoms with van der Waals surface area (Å²) in [5, 5.41) is 0. The van der Waals surface area contributed by atoms with E-state index in [1.54, 1.807) is 0 Å². The lowest BCUT2D eigenvalue weighted by atomic mass is 10.2. The molecule has 0 amide bonds.